The average Bonchev–Trinajstić information content (AvgIpc) is 2.45. The molecular weight excluding hydrogens is 254 g/mol. The van der Waals surface area contributed by atoms with E-state index in [0.29, 0.717) is 6.42 Å². The van der Waals surface area contributed by atoms with Gasteiger partial charge in [0.25, 0.3) is 0 Å². The van der Waals surface area contributed by atoms with Crippen LogP contribution >= 0.6 is 0 Å². The summed E-state index contributed by atoms with van der Waals surface area (Å²) in [6.07, 6.45) is 0.401. The fourth-order valence-electron chi connectivity index (χ4n) is 1.51. The fourth-order valence-corrected chi connectivity index (χ4v) is 1.51. The minimum Gasteiger partial charge on any atom is -0.207 e. The zero-order chi connectivity index (χ0) is 15.5. The van der Waals surface area contributed by atoms with Crippen LogP contribution in [-0.4, -0.2) is 0 Å². The van der Waals surface area contributed by atoms with Crippen molar-refractivity contribution in [1.29, 1.82) is 0 Å². The van der Waals surface area contributed by atoms with Gasteiger partial charge in [0.15, 0.2) is 0 Å². The smallest absolute Gasteiger partial charge is 0.129 e. The van der Waals surface area contributed by atoms with Crippen LogP contribution in [0, 0.1) is 25.5 Å². The molecule has 20 heavy (non-hydrogen) atoms. The third-order valence-electron chi connectivity index (χ3n) is 2.63. The summed E-state index contributed by atoms with van der Waals surface area (Å²) < 4.78 is 25.2. The number of hydrogen-bond donors (Lipinski definition) is 0. The van der Waals surface area contributed by atoms with Gasteiger partial charge in [-0.2, -0.15) is 0 Å². The summed E-state index contributed by atoms with van der Waals surface area (Å²) in [4.78, 5) is 0. The second-order valence-electron chi connectivity index (χ2n) is 4.21. The standard InChI is InChI=1S/C8H8F2.C8H10.C2H6/c1-2-6-7(9)4-3-5-8(6)10;1-7-3-5-8(2)6-4-7;1-2/h3-5H,2H2,1H3;3-6H,1-2H3;1-2H3. The van der Waals surface area contributed by atoms with Gasteiger partial charge < -0.3 is 0 Å². The lowest BCUT2D eigenvalue weighted by Gasteiger charge is -1.98. The van der Waals surface area contributed by atoms with E-state index in [1.165, 1.54) is 29.3 Å². The molecule has 2 heteroatoms. The van der Waals surface area contributed by atoms with E-state index in [1.807, 2.05) is 13.8 Å². The molecule has 0 saturated heterocycles. The zero-order valence-corrected chi connectivity index (χ0v) is 13.0. The topological polar surface area (TPSA) is 0 Å². The van der Waals surface area contributed by atoms with Gasteiger partial charge in [-0.1, -0.05) is 62.2 Å². The van der Waals surface area contributed by atoms with Crippen molar-refractivity contribution < 1.29 is 8.78 Å². The molecule has 0 unspecified atom stereocenters. The molecule has 0 spiro atoms. The first kappa shape index (κ1) is 18.3. The van der Waals surface area contributed by atoms with Crippen molar-refractivity contribution in [1.82, 2.24) is 0 Å². The minimum atomic E-state index is -0.456. The van der Waals surface area contributed by atoms with Gasteiger partial charge >= 0.3 is 0 Å². The molecule has 0 amide bonds. The monoisotopic (exact) mass is 278 g/mol. The van der Waals surface area contributed by atoms with Crippen molar-refractivity contribution in [3.8, 4) is 0 Å². The first-order valence-electron chi connectivity index (χ1n) is 7.00. The second kappa shape index (κ2) is 10.1. The maximum absolute atomic E-state index is 12.6. The predicted molar refractivity (Wildman–Crippen MR) is 83.0 cm³/mol. The van der Waals surface area contributed by atoms with Crippen LogP contribution in [0.15, 0.2) is 42.5 Å². The first-order valence-corrected chi connectivity index (χ1v) is 7.00. The third-order valence-corrected chi connectivity index (χ3v) is 2.63. The lowest BCUT2D eigenvalue weighted by atomic mass is 10.1. The molecule has 0 nitrogen and oxygen atoms in total. The van der Waals surface area contributed by atoms with Crippen LogP contribution in [0.5, 0.6) is 0 Å². The van der Waals surface area contributed by atoms with Crippen molar-refractivity contribution in [2.45, 2.75) is 41.0 Å². The Bertz CT molecular complexity index is 446. The summed E-state index contributed by atoms with van der Waals surface area (Å²) in [6.45, 7) is 9.92. The van der Waals surface area contributed by atoms with Gasteiger partial charge in [0.1, 0.15) is 11.6 Å². The summed E-state index contributed by atoms with van der Waals surface area (Å²) in [6, 6.07) is 12.4. The number of hydrogen-bond acceptors (Lipinski definition) is 0. The van der Waals surface area contributed by atoms with E-state index in [-0.39, 0.29) is 5.56 Å². The molecule has 0 fully saturated rings. The Hall–Kier alpha value is -1.70. The Morgan fingerprint density at radius 3 is 1.35 bits per heavy atom. The Kier molecular flexibility index (Phi) is 9.27. The number of aryl methyl sites for hydroxylation is 2. The van der Waals surface area contributed by atoms with E-state index in [4.69, 9.17) is 0 Å². The molecule has 0 heterocycles. The molecule has 2 aromatic rings. The van der Waals surface area contributed by atoms with Crippen LogP contribution in [-0.2, 0) is 6.42 Å². The van der Waals surface area contributed by atoms with Gasteiger partial charge in [-0.3, -0.25) is 0 Å². The Labute approximate surface area is 121 Å². The lowest BCUT2D eigenvalue weighted by Crippen LogP contribution is -1.91. The molecule has 0 aliphatic carbocycles. The maximum atomic E-state index is 12.6. The van der Waals surface area contributed by atoms with Crippen LogP contribution in [0.2, 0.25) is 0 Å². The van der Waals surface area contributed by atoms with Crippen LogP contribution in [0.3, 0.4) is 0 Å². The van der Waals surface area contributed by atoms with Gasteiger partial charge in [-0.15, -0.1) is 0 Å². The van der Waals surface area contributed by atoms with E-state index in [1.54, 1.807) is 6.92 Å². The zero-order valence-electron chi connectivity index (χ0n) is 13.0. The molecule has 110 valence electrons. The largest absolute Gasteiger partial charge is 0.207 e. The van der Waals surface area contributed by atoms with Crippen molar-refractivity contribution in [3.05, 3.63) is 70.8 Å². The quantitative estimate of drug-likeness (QED) is 0.613. The molecule has 0 aromatic heterocycles. The van der Waals surface area contributed by atoms with Gasteiger partial charge in [0.05, 0.1) is 0 Å². The van der Waals surface area contributed by atoms with Crippen molar-refractivity contribution in [3.63, 3.8) is 0 Å². The SMILES string of the molecule is CC.CCc1c(F)cccc1F.Cc1ccc(C)cc1. The van der Waals surface area contributed by atoms with E-state index in [9.17, 15) is 8.78 Å². The summed E-state index contributed by atoms with van der Waals surface area (Å²) in [5.74, 6) is -0.912. The third kappa shape index (κ3) is 6.46. The summed E-state index contributed by atoms with van der Waals surface area (Å²) in [7, 11) is 0. The molecule has 0 saturated carbocycles. The first-order chi connectivity index (χ1) is 9.54. The van der Waals surface area contributed by atoms with E-state index < -0.39 is 11.6 Å². The van der Waals surface area contributed by atoms with Gasteiger partial charge in [-0.05, 0) is 32.4 Å². The van der Waals surface area contributed by atoms with E-state index in [2.05, 4.69) is 38.1 Å². The highest BCUT2D eigenvalue weighted by Gasteiger charge is 2.03. The highest BCUT2D eigenvalue weighted by molar-refractivity contribution is 5.20. The van der Waals surface area contributed by atoms with Crippen LogP contribution < -0.4 is 0 Å². The Morgan fingerprint density at radius 1 is 0.750 bits per heavy atom. The highest BCUT2D eigenvalue weighted by atomic mass is 19.1. The molecule has 0 bridgehead atoms. The fraction of sp³-hybridized carbons (Fsp3) is 0.333. The van der Waals surface area contributed by atoms with Gasteiger partial charge in [0.2, 0.25) is 0 Å². The molecule has 0 radical (unpaired) electrons. The Balaban J connectivity index is 0.000000327. The van der Waals surface area contributed by atoms with Crippen molar-refractivity contribution in [2.75, 3.05) is 0 Å². The summed E-state index contributed by atoms with van der Waals surface area (Å²) >= 11 is 0. The number of benzene rings is 2. The van der Waals surface area contributed by atoms with Gasteiger partial charge in [0, 0.05) is 5.56 Å². The highest BCUT2D eigenvalue weighted by Crippen LogP contribution is 2.11. The molecular formula is C18H24F2. The Morgan fingerprint density at radius 2 is 1.10 bits per heavy atom. The maximum Gasteiger partial charge on any atom is 0.129 e. The van der Waals surface area contributed by atoms with Crippen molar-refractivity contribution in [2.24, 2.45) is 0 Å². The van der Waals surface area contributed by atoms with E-state index >= 15 is 0 Å². The summed E-state index contributed by atoms with van der Waals surface area (Å²) in [5.41, 5.74) is 2.83. The minimum absolute atomic E-state index is 0.169. The van der Waals surface area contributed by atoms with E-state index in [0.717, 1.165) is 0 Å². The molecule has 0 aliphatic heterocycles. The van der Waals surface area contributed by atoms with Crippen molar-refractivity contribution >= 4 is 0 Å². The molecule has 0 atom stereocenters. The number of rotatable bonds is 1. The second-order valence-corrected chi connectivity index (χ2v) is 4.21. The van der Waals surface area contributed by atoms with Gasteiger partial charge in [-0.25, -0.2) is 8.78 Å². The summed E-state index contributed by atoms with van der Waals surface area (Å²) in [5, 5.41) is 0. The van der Waals surface area contributed by atoms with Crippen LogP contribution in [0.25, 0.3) is 0 Å². The van der Waals surface area contributed by atoms with Crippen LogP contribution in [0.4, 0.5) is 8.78 Å². The predicted octanol–water partition coefficient (Wildman–Crippen LogP) is 5.86. The molecule has 2 aromatic carbocycles. The lowest BCUT2D eigenvalue weighted by molar-refractivity contribution is 0.559. The average molecular weight is 278 g/mol. The molecule has 2 rings (SSSR count). The number of halogens is 2. The molecule has 0 aliphatic rings. The van der Waals surface area contributed by atoms with Crippen LogP contribution in [0.1, 0.15) is 37.5 Å². The normalized spacial score (nSPS) is 8.95. The molecule has 0 N–H and O–H groups in total.